The van der Waals surface area contributed by atoms with Crippen LogP contribution in [0.1, 0.15) is 25.3 Å². The van der Waals surface area contributed by atoms with Crippen molar-refractivity contribution in [1.82, 2.24) is 10.2 Å². The average molecular weight is 362 g/mol. The van der Waals surface area contributed by atoms with E-state index in [1.54, 1.807) is 11.9 Å². The molecule has 1 heterocycles. The van der Waals surface area contributed by atoms with Crippen molar-refractivity contribution >= 4 is 35.6 Å². The summed E-state index contributed by atoms with van der Waals surface area (Å²) in [4.78, 5) is 24.5. The van der Waals surface area contributed by atoms with Crippen LogP contribution in [0.3, 0.4) is 0 Å². The van der Waals surface area contributed by atoms with E-state index in [9.17, 15) is 14.9 Å². The van der Waals surface area contributed by atoms with Gasteiger partial charge in [0.25, 0.3) is 5.69 Å². The summed E-state index contributed by atoms with van der Waals surface area (Å²) in [7, 11) is 1.71. The van der Waals surface area contributed by atoms with Gasteiger partial charge < -0.3 is 10.2 Å². The quantitative estimate of drug-likeness (QED) is 0.660. The van der Waals surface area contributed by atoms with Gasteiger partial charge in [0.2, 0.25) is 5.91 Å². The summed E-state index contributed by atoms with van der Waals surface area (Å²) in [6.45, 7) is 3.18. The van der Waals surface area contributed by atoms with Gasteiger partial charge in [-0.15, -0.1) is 12.4 Å². The zero-order valence-electron chi connectivity index (χ0n) is 13.1. The molecule has 1 aliphatic heterocycles. The highest BCUT2D eigenvalue weighted by molar-refractivity contribution is 6.31. The first-order valence-corrected chi connectivity index (χ1v) is 7.67. The van der Waals surface area contributed by atoms with E-state index in [4.69, 9.17) is 11.6 Å². The molecule has 1 amide bonds. The predicted molar refractivity (Wildman–Crippen MR) is 92.0 cm³/mol. The predicted octanol–water partition coefficient (Wildman–Crippen LogP) is 3.02. The van der Waals surface area contributed by atoms with Crippen molar-refractivity contribution in [3.8, 4) is 0 Å². The Kier molecular flexibility index (Phi) is 7.25. The van der Waals surface area contributed by atoms with E-state index < -0.39 is 4.92 Å². The third kappa shape index (κ3) is 5.06. The summed E-state index contributed by atoms with van der Waals surface area (Å²) < 4.78 is 0. The molecule has 1 aliphatic rings. The molecule has 2 rings (SSSR count). The van der Waals surface area contributed by atoms with Crippen molar-refractivity contribution in [1.29, 1.82) is 0 Å². The van der Waals surface area contributed by atoms with Gasteiger partial charge in [-0.2, -0.15) is 0 Å². The standard InChI is InChI=1S/C15H20ClN3O3.ClH/c1-10-7-11(5-6-17-10)15(20)18(2)9-12-8-13(19(21)22)3-4-14(12)16;/h3-4,8,10-11,17H,5-7,9H2,1-2H3;1H/t10-,11-;/m0./s1. The molecule has 2 atom stereocenters. The summed E-state index contributed by atoms with van der Waals surface area (Å²) in [6, 6.07) is 4.62. The number of non-ortho nitro benzene ring substituents is 1. The van der Waals surface area contributed by atoms with Crippen LogP contribution in [0.4, 0.5) is 5.69 Å². The van der Waals surface area contributed by atoms with Crippen LogP contribution in [-0.2, 0) is 11.3 Å². The lowest BCUT2D eigenvalue weighted by atomic mass is 9.92. The third-order valence-electron chi connectivity index (χ3n) is 4.00. The number of piperidine rings is 1. The van der Waals surface area contributed by atoms with Gasteiger partial charge in [-0.3, -0.25) is 14.9 Å². The average Bonchev–Trinajstić information content (AvgIpc) is 2.48. The molecule has 8 heteroatoms. The zero-order chi connectivity index (χ0) is 16.3. The number of benzene rings is 1. The molecule has 0 aliphatic carbocycles. The molecule has 0 unspecified atom stereocenters. The Hall–Kier alpha value is -1.37. The highest BCUT2D eigenvalue weighted by atomic mass is 35.5. The van der Waals surface area contributed by atoms with Crippen molar-refractivity contribution < 1.29 is 9.72 Å². The number of carbonyl (C=O) groups is 1. The molecule has 6 nitrogen and oxygen atoms in total. The lowest BCUT2D eigenvalue weighted by Crippen LogP contribution is -2.42. The number of hydrogen-bond donors (Lipinski definition) is 1. The van der Waals surface area contributed by atoms with Gasteiger partial charge in [0.15, 0.2) is 0 Å². The summed E-state index contributed by atoms with van der Waals surface area (Å²) in [6.07, 6.45) is 1.63. The van der Waals surface area contributed by atoms with Gasteiger partial charge in [0.05, 0.1) is 4.92 Å². The monoisotopic (exact) mass is 361 g/mol. The second-order valence-corrected chi connectivity index (χ2v) is 6.21. The fourth-order valence-electron chi connectivity index (χ4n) is 2.80. The van der Waals surface area contributed by atoms with Crippen molar-refractivity contribution in [2.45, 2.75) is 32.4 Å². The van der Waals surface area contributed by atoms with Crippen LogP contribution in [-0.4, -0.2) is 35.4 Å². The first kappa shape index (κ1) is 19.7. The lowest BCUT2D eigenvalue weighted by Gasteiger charge is -2.30. The molecule has 0 radical (unpaired) electrons. The zero-order valence-corrected chi connectivity index (χ0v) is 14.7. The number of nitro benzene ring substituents is 1. The highest BCUT2D eigenvalue weighted by Crippen LogP contribution is 2.25. The largest absolute Gasteiger partial charge is 0.341 e. The number of carbonyl (C=O) groups excluding carboxylic acids is 1. The Morgan fingerprint density at radius 3 is 2.83 bits per heavy atom. The Morgan fingerprint density at radius 2 is 2.22 bits per heavy atom. The number of amides is 1. The molecule has 1 fully saturated rings. The maximum Gasteiger partial charge on any atom is 0.269 e. The molecule has 128 valence electrons. The van der Waals surface area contributed by atoms with Crippen LogP contribution >= 0.6 is 24.0 Å². The van der Waals surface area contributed by atoms with Crippen LogP contribution in [0, 0.1) is 16.0 Å². The molecule has 1 saturated heterocycles. The van der Waals surface area contributed by atoms with Gasteiger partial charge in [-0.05, 0) is 37.9 Å². The molecule has 1 aromatic rings. The van der Waals surface area contributed by atoms with E-state index in [0.29, 0.717) is 16.6 Å². The maximum atomic E-state index is 12.5. The van der Waals surface area contributed by atoms with Gasteiger partial charge in [0.1, 0.15) is 0 Å². The molecular formula is C15H21Cl2N3O3. The fourth-order valence-corrected chi connectivity index (χ4v) is 2.97. The summed E-state index contributed by atoms with van der Waals surface area (Å²) >= 11 is 6.09. The lowest BCUT2D eigenvalue weighted by molar-refractivity contribution is -0.384. The first-order chi connectivity index (χ1) is 10.4. The maximum absolute atomic E-state index is 12.5. The molecule has 0 aromatic heterocycles. The number of nitro groups is 1. The number of rotatable bonds is 4. The molecular weight excluding hydrogens is 341 g/mol. The van der Waals surface area contributed by atoms with E-state index in [-0.39, 0.29) is 36.5 Å². The Bertz CT molecular complexity index is 583. The van der Waals surface area contributed by atoms with Crippen molar-refractivity contribution in [3.63, 3.8) is 0 Å². The van der Waals surface area contributed by atoms with Crippen molar-refractivity contribution in [3.05, 3.63) is 38.9 Å². The molecule has 0 spiro atoms. The first-order valence-electron chi connectivity index (χ1n) is 7.29. The minimum Gasteiger partial charge on any atom is -0.341 e. The summed E-state index contributed by atoms with van der Waals surface area (Å²) in [5, 5.41) is 14.6. The van der Waals surface area contributed by atoms with Crippen LogP contribution in [0.25, 0.3) is 0 Å². The molecule has 1 aromatic carbocycles. The van der Waals surface area contributed by atoms with Crippen LogP contribution in [0.15, 0.2) is 18.2 Å². The van der Waals surface area contributed by atoms with Crippen LogP contribution < -0.4 is 5.32 Å². The van der Waals surface area contributed by atoms with E-state index in [1.165, 1.54) is 18.2 Å². The van der Waals surface area contributed by atoms with Crippen LogP contribution in [0.5, 0.6) is 0 Å². The highest BCUT2D eigenvalue weighted by Gasteiger charge is 2.27. The third-order valence-corrected chi connectivity index (χ3v) is 4.37. The summed E-state index contributed by atoms with van der Waals surface area (Å²) in [5.74, 6) is 0.0645. The van der Waals surface area contributed by atoms with Crippen molar-refractivity contribution in [2.24, 2.45) is 5.92 Å². The number of hydrogen-bond acceptors (Lipinski definition) is 4. The number of nitrogens with one attached hydrogen (secondary N) is 1. The minimum absolute atomic E-state index is 0. The fraction of sp³-hybridized carbons (Fsp3) is 0.533. The number of nitrogens with zero attached hydrogens (tertiary/aromatic N) is 2. The topological polar surface area (TPSA) is 75.5 Å². The smallest absolute Gasteiger partial charge is 0.269 e. The van der Waals surface area contributed by atoms with E-state index in [1.807, 2.05) is 0 Å². The van der Waals surface area contributed by atoms with Crippen LogP contribution in [0.2, 0.25) is 5.02 Å². The second-order valence-electron chi connectivity index (χ2n) is 5.80. The van der Waals surface area contributed by atoms with Crippen molar-refractivity contribution in [2.75, 3.05) is 13.6 Å². The normalized spacial score (nSPS) is 20.5. The molecule has 0 saturated carbocycles. The molecule has 1 N–H and O–H groups in total. The van der Waals surface area contributed by atoms with E-state index in [0.717, 1.165) is 19.4 Å². The Balaban J connectivity index is 0.00000264. The van der Waals surface area contributed by atoms with Gasteiger partial charge in [-0.1, -0.05) is 11.6 Å². The number of halogens is 2. The second kappa shape index (κ2) is 8.47. The van der Waals surface area contributed by atoms with E-state index in [2.05, 4.69) is 12.2 Å². The van der Waals surface area contributed by atoms with Gasteiger partial charge >= 0.3 is 0 Å². The van der Waals surface area contributed by atoms with E-state index >= 15 is 0 Å². The molecule has 0 bridgehead atoms. The minimum atomic E-state index is -0.462. The van der Waals surface area contributed by atoms with Gasteiger partial charge in [-0.25, -0.2) is 0 Å². The SMILES string of the molecule is C[C@H]1C[C@@H](C(=O)N(C)Cc2cc([N+](=O)[O-])ccc2Cl)CCN1.Cl. The molecule has 23 heavy (non-hydrogen) atoms. The Labute approximate surface area is 146 Å². The van der Waals surface area contributed by atoms with Gasteiger partial charge in [0, 0.05) is 42.7 Å². The summed E-state index contributed by atoms with van der Waals surface area (Å²) in [5.41, 5.74) is 0.574. The Morgan fingerprint density at radius 1 is 1.52 bits per heavy atom.